The van der Waals surface area contributed by atoms with Gasteiger partial charge in [0.2, 0.25) is 5.91 Å². The molecule has 0 fully saturated rings. The average molecular weight is 458 g/mol. The van der Waals surface area contributed by atoms with Crippen LogP contribution in [0.5, 0.6) is 5.75 Å². The fourth-order valence-corrected chi connectivity index (χ4v) is 3.88. The van der Waals surface area contributed by atoms with E-state index in [1.54, 1.807) is 17.0 Å². The third-order valence-corrected chi connectivity index (χ3v) is 5.53. The Morgan fingerprint density at radius 3 is 1.91 bits per heavy atom. The van der Waals surface area contributed by atoms with Gasteiger partial charge in [-0.05, 0) is 39.9 Å². The number of nitrogens with zero attached hydrogens (tertiary/aromatic N) is 1. The Hall–Kier alpha value is -3.99. The van der Waals surface area contributed by atoms with E-state index in [-0.39, 0.29) is 18.1 Å². The van der Waals surface area contributed by atoms with Crippen molar-refractivity contribution >= 4 is 5.91 Å². The highest BCUT2D eigenvalue weighted by Crippen LogP contribution is 2.25. The molecule has 34 heavy (non-hydrogen) atoms. The quantitative estimate of drug-likeness (QED) is 0.279. The van der Waals surface area contributed by atoms with Crippen LogP contribution in [0.25, 0.3) is 11.1 Å². The molecule has 4 aromatic rings. The number of carbonyl (C=O) groups excluding carboxylic acids is 1. The molecule has 0 saturated heterocycles. The summed E-state index contributed by atoms with van der Waals surface area (Å²) in [6.45, 7) is -2.06. The lowest BCUT2D eigenvalue weighted by Gasteiger charge is -2.24. The molecule has 0 aliphatic rings. The van der Waals surface area contributed by atoms with E-state index in [0.29, 0.717) is 13.1 Å². The van der Waals surface area contributed by atoms with Crippen LogP contribution in [0.1, 0.15) is 16.7 Å². The average Bonchev–Trinajstić information content (AvgIpc) is 2.86. The molecule has 0 aliphatic carbocycles. The summed E-state index contributed by atoms with van der Waals surface area (Å²) in [5.74, 6) is 0.0802. The maximum Gasteiger partial charge on any atom is 0.387 e. The fraction of sp³-hybridized carbons (Fsp3) is 0.138. The van der Waals surface area contributed by atoms with Crippen molar-refractivity contribution in [2.45, 2.75) is 26.1 Å². The molecule has 5 heteroatoms. The summed E-state index contributed by atoms with van der Waals surface area (Å²) in [5, 5.41) is 0. The zero-order chi connectivity index (χ0) is 23.8. The van der Waals surface area contributed by atoms with Crippen LogP contribution >= 0.6 is 0 Å². The molecule has 0 unspecified atom stereocenters. The molecule has 0 heterocycles. The van der Waals surface area contributed by atoms with Gasteiger partial charge < -0.3 is 9.64 Å². The second-order valence-electron chi connectivity index (χ2n) is 7.96. The predicted molar refractivity (Wildman–Crippen MR) is 129 cm³/mol. The molecule has 0 atom stereocenters. The van der Waals surface area contributed by atoms with Gasteiger partial charge in [-0.1, -0.05) is 97.1 Å². The number of rotatable bonds is 9. The van der Waals surface area contributed by atoms with E-state index < -0.39 is 6.61 Å². The minimum atomic E-state index is -2.87. The van der Waals surface area contributed by atoms with Gasteiger partial charge in [0.1, 0.15) is 5.75 Å². The first kappa shape index (κ1) is 23.2. The highest BCUT2D eigenvalue weighted by molar-refractivity contribution is 5.82. The van der Waals surface area contributed by atoms with Gasteiger partial charge in [-0.3, -0.25) is 4.79 Å². The predicted octanol–water partition coefficient (Wildman–Crippen LogP) is 6.73. The molecule has 0 bridgehead atoms. The van der Waals surface area contributed by atoms with E-state index in [1.165, 1.54) is 12.1 Å². The van der Waals surface area contributed by atoms with Gasteiger partial charge in [0.15, 0.2) is 0 Å². The Bertz CT molecular complexity index is 1200. The molecule has 0 radical (unpaired) electrons. The van der Waals surface area contributed by atoms with Crippen molar-refractivity contribution in [3.05, 3.63) is 126 Å². The summed E-state index contributed by atoms with van der Waals surface area (Å²) in [6.07, 6.45) is 0.254. The van der Waals surface area contributed by atoms with Gasteiger partial charge in [0, 0.05) is 13.1 Å². The number of ether oxygens (including phenoxy) is 1. The van der Waals surface area contributed by atoms with Crippen LogP contribution in [-0.4, -0.2) is 17.4 Å². The van der Waals surface area contributed by atoms with Crippen LogP contribution in [0.15, 0.2) is 109 Å². The van der Waals surface area contributed by atoms with Crippen LogP contribution in [0.3, 0.4) is 0 Å². The maximum atomic E-state index is 13.5. The van der Waals surface area contributed by atoms with Gasteiger partial charge in [-0.2, -0.15) is 8.78 Å². The SMILES string of the molecule is O=C(Cc1ccccc1-c1ccccc1)N(Cc1ccccc1)Cc1ccc(OC(F)F)cc1. The summed E-state index contributed by atoms with van der Waals surface area (Å²) < 4.78 is 29.4. The molecule has 172 valence electrons. The Morgan fingerprint density at radius 2 is 1.26 bits per heavy atom. The lowest BCUT2D eigenvalue weighted by Crippen LogP contribution is -2.31. The molecule has 3 nitrogen and oxygen atoms in total. The second kappa shape index (κ2) is 11.2. The summed E-state index contributed by atoms with van der Waals surface area (Å²) in [6, 6.07) is 34.1. The van der Waals surface area contributed by atoms with E-state index >= 15 is 0 Å². The summed E-state index contributed by atoms with van der Waals surface area (Å²) in [7, 11) is 0. The molecule has 0 N–H and O–H groups in total. The van der Waals surface area contributed by atoms with Crippen molar-refractivity contribution in [3.8, 4) is 16.9 Å². The van der Waals surface area contributed by atoms with Crippen molar-refractivity contribution in [2.75, 3.05) is 0 Å². The Labute approximate surface area is 198 Å². The number of halogens is 2. The number of alkyl halides is 2. The number of carbonyl (C=O) groups is 1. The van der Waals surface area contributed by atoms with E-state index in [0.717, 1.165) is 27.8 Å². The number of hydrogen-bond donors (Lipinski definition) is 0. The summed E-state index contributed by atoms with van der Waals surface area (Å²) in [5.41, 5.74) is 4.91. The van der Waals surface area contributed by atoms with E-state index in [4.69, 9.17) is 0 Å². The van der Waals surface area contributed by atoms with Crippen molar-refractivity contribution in [1.82, 2.24) is 4.90 Å². The van der Waals surface area contributed by atoms with Crippen LogP contribution in [0.4, 0.5) is 8.78 Å². The van der Waals surface area contributed by atoms with Gasteiger partial charge in [0.05, 0.1) is 6.42 Å². The second-order valence-corrected chi connectivity index (χ2v) is 7.96. The van der Waals surface area contributed by atoms with E-state index in [2.05, 4.69) is 4.74 Å². The molecule has 4 rings (SSSR count). The van der Waals surface area contributed by atoms with Crippen molar-refractivity contribution in [2.24, 2.45) is 0 Å². The van der Waals surface area contributed by atoms with Gasteiger partial charge in [-0.25, -0.2) is 0 Å². The zero-order valence-corrected chi connectivity index (χ0v) is 18.6. The van der Waals surface area contributed by atoms with Crippen molar-refractivity contribution in [1.29, 1.82) is 0 Å². The van der Waals surface area contributed by atoms with Crippen LogP contribution in [0.2, 0.25) is 0 Å². The standard InChI is InChI=1S/C29H25F2NO2/c30-29(31)34-26-17-15-23(16-18-26)21-32(20-22-9-3-1-4-10-22)28(33)19-25-13-7-8-14-27(25)24-11-5-2-6-12-24/h1-18,29H,19-21H2. The van der Waals surface area contributed by atoms with Crippen molar-refractivity contribution in [3.63, 3.8) is 0 Å². The smallest absolute Gasteiger partial charge is 0.387 e. The van der Waals surface area contributed by atoms with Crippen molar-refractivity contribution < 1.29 is 18.3 Å². The highest BCUT2D eigenvalue weighted by Gasteiger charge is 2.17. The Morgan fingerprint density at radius 1 is 0.706 bits per heavy atom. The third kappa shape index (κ3) is 6.29. The normalized spacial score (nSPS) is 10.8. The highest BCUT2D eigenvalue weighted by atomic mass is 19.3. The number of amides is 1. The molecular weight excluding hydrogens is 432 g/mol. The summed E-state index contributed by atoms with van der Waals surface area (Å²) >= 11 is 0. The van der Waals surface area contributed by atoms with Crippen LogP contribution in [-0.2, 0) is 24.3 Å². The van der Waals surface area contributed by atoms with Gasteiger partial charge >= 0.3 is 6.61 Å². The molecule has 0 spiro atoms. The molecular formula is C29H25F2NO2. The first-order valence-corrected chi connectivity index (χ1v) is 11.1. The maximum absolute atomic E-state index is 13.5. The van der Waals surface area contributed by atoms with Gasteiger partial charge in [0.25, 0.3) is 0 Å². The topological polar surface area (TPSA) is 29.5 Å². The third-order valence-electron chi connectivity index (χ3n) is 5.53. The molecule has 0 saturated carbocycles. The first-order valence-electron chi connectivity index (χ1n) is 11.1. The number of benzene rings is 4. The Kier molecular flexibility index (Phi) is 7.66. The fourth-order valence-electron chi connectivity index (χ4n) is 3.88. The molecule has 0 aromatic heterocycles. The largest absolute Gasteiger partial charge is 0.435 e. The lowest BCUT2D eigenvalue weighted by atomic mass is 9.97. The number of hydrogen-bond acceptors (Lipinski definition) is 2. The molecule has 4 aromatic carbocycles. The minimum Gasteiger partial charge on any atom is -0.435 e. The Balaban J connectivity index is 1.56. The zero-order valence-electron chi connectivity index (χ0n) is 18.6. The first-order chi connectivity index (χ1) is 16.6. The van der Waals surface area contributed by atoms with Gasteiger partial charge in [-0.15, -0.1) is 0 Å². The lowest BCUT2D eigenvalue weighted by molar-refractivity contribution is -0.131. The molecule has 1 amide bonds. The van der Waals surface area contributed by atoms with E-state index in [1.807, 2.05) is 84.9 Å². The van der Waals surface area contributed by atoms with Crippen LogP contribution < -0.4 is 4.74 Å². The summed E-state index contributed by atoms with van der Waals surface area (Å²) in [4.78, 5) is 15.3. The van der Waals surface area contributed by atoms with E-state index in [9.17, 15) is 13.6 Å². The monoisotopic (exact) mass is 457 g/mol. The minimum absolute atomic E-state index is 0.0138. The van der Waals surface area contributed by atoms with Crippen LogP contribution in [0, 0.1) is 0 Å². The molecule has 0 aliphatic heterocycles.